The highest BCUT2D eigenvalue weighted by atomic mass is 16.5. The van der Waals surface area contributed by atoms with Crippen molar-refractivity contribution in [3.8, 4) is 0 Å². The van der Waals surface area contributed by atoms with Gasteiger partial charge in [-0.25, -0.2) is 0 Å². The Bertz CT molecular complexity index is 515. The Morgan fingerprint density at radius 1 is 1.26 bits per heavy atom. The maximum absolute atomic E-state index is 12.8. The second-order valence-electron chi connectivity index (χ2n) is 5.55. The molecule has 1 N–H and O–H groups in total. The Balaban J connectivity index is 2.87. The summed E-state index contributed by atoms with van der Waals surface area (Å²) in [4.78, 5) is 25.6. The van der Waals surface area contributed by atoms with Gasteiger partial charge in [-0.3, -0.25) is 9.59 Å². The standard InChI is InChI=1S/C18H27NO4/c1-4-15-9-6-7-10-16(15)17(20)19(11-8-12-23-5-2)13-14(3)18(21)22/h6-7,9-10,14H,4-5,8,11-13H2,1-3H3,(H,21,22). The number of benzene rings is 1. The van der Waals surface area contributed by atoms with E-state index in [1.807, 2.05) is 38.1 Å². The molecule has 0 aromatic heterocycles. The van der Waals surface area contributed by atoms with Gasteiger partial charge in [0.15, 0.2) is 0 Å². The molecule has 0 aliphatic rings. The molecule has 1 unspecified atom stereocenters. The summed E-state index contributed by atoms with van der Waals surface area (Å²) in [5, 5.41) is 9.13. The molecule has 0 saturated carbocycles. The van der Waals surface area contributed by atoms with Gasteiger partial charge < -0.3 is 14.7 Å². The maximum atomic E-state index is 12.8. The Kier molecular flexibility index (Phi) is 8.33. The van der Waals surface area contributed by atoms with Crippen LogP contribution in [0.3, 0.4) is 0 Å². The number of carboxylic acids is 1. The summed E-state index contributed by atoms with van der Waals surface area (Å²) in [7, 11) is 0. The van der Waals surface area contributed by atoms with E-state index in [9.17, 15) is 9.59 Å². The average Bonchev–Trinajstić information content (AvgIpc) is 2.56. The highest BCUT2D eigenvalue weighted by molar-refractivity contribution is 5.96. The first kappa shape index (κ1) is 19.2. The van der Waals surface area contributed by atoms with E-state index in [1.54, 1.807) is 11.8 Å². The molecule has 0 radical (unpaired) electrons. The number of carbonyl (C=O) groups excluding carboxylic acids is 1. The number of ether oxygens (including phenoxy) is 1. The monoisotopic (exact) mass is 321 g/mol. The minimum atomic E-state index is -0.892. The number of carbonyl (C=O) groups is 2. The van der Waals surface area contributed by atoms with Gasteiger partial charge >= 0.3 is 5.97 Å². The summed E-state index contributed by atoms with van der Waals surface area (Å²) in [5.74, 6) is -1.59. The van der Waals surface area contributed by atoms with E-state index in [2.05, 4.69) is 0 Å². The van der Waals surface area contributed by atoms with Crippen molar-refractivity contribution >= 4 is 11.9 Å². The molecule has 0 bridgehead atoms. The number of aryl methyl sites for hydroxylation is 1. The zero-order valence-corrected chi connectivity index (χ0v) is 14.2. The average molecular weight is 321 g/mol. The van der Waals surface area contributed by atoms with Gasteiger partial charge in [-0.1, -0.05) is 32.0 Å². The van der Waals surface area contributed by atoms with E-state index in [1.165, 1.54) is 0 Å². The predicted octanol–water partition coefficient (Wildman–Crippen LogP) is 2.84. The second-order valence-corrected chi connectivity index (χ2v) is 5.55. The van der Waals surface area contributed by atoms with Crippen LogP contribution in [0.2, 0.25) is 0 Å². The molecule has 128 valence electrons. The number of aliphatic carboxylic acids is 1. The number of nitrogens with zero attached hydrogens (tertiary/aromatic N) is 1. The van der Waals surface area contributed by atoms with E-state index in [-0.39, 0.29) is 12.5 Å². The van der Waals surface area contributed by atoms with Crippen LogP contribution in [0.4, 0.5) is 0 Å². The smallest absolute Gasteiger partial charge is 0.308 e. The van der Waals surface area contributed by atoms with Gasteiger partial charge in [-0.05, 0) is 31.4 Å². The molecule has 0 aliphatic carbocycles. The summed E-state index contributed by atoms with van der Waals surface area (Å²) in [6, 6.07) is 7.49. The van der Waals surface area contributed by atoms with Crippen molar-refractivity contribution in [2.45, 2.75) is 33.6 Å². The summed E-state index contributed by atoms with van der Waals surface area (Å²) >= 11 is 0. The molecular weight excluding hydrogens is 294 g/mol. The van der Waals surface area contributed by atoms with E-state index in [4.69, 9.17) is 9.84 Å². The Morgan fingerprint density at radius 3 is 2.57 bits per heavy atom. The maximum Gasteiger partial charge on any atom is 0.308 e. The van der Waals surface area contributed by atoms with E-state index >= 15 is 0 Å². The van der Waals surface area contributed by atoms with Crippen LogP contribution in [0.5, 0.6) is 0 Å². The molecular formula is C18H27NO4. The van der Waals surface area contributed by atoms with Gasteiger partial charge in [0.2, 0.25) is 0 Å². The fourth-order valence-electron chi connectivity index (χ4n) is 2.39. The van der Waals surface area contributed by atoms with Crippen molar-refractivity contribution in [1.82, 2.24) is 4.90 Å². The summed E-state index contributed by atoms with van der Waals surface area (Å²) in [6.07, 6.45) is 1.46. The van der Waals surface area contributed by atoms with Gasteiger partial charge in [-0.2, -0.15) is 0 Å². The lowest BCUT2D eigenvalue weighted by Crippen LogP contribution is -2.38. The van der Waals surface area contributed by atoms with Crippen molar-refractivity contribution in [2.24, 2.45) is 5.92 Å². The lowest BCUT2D eigenvalue weighted by atomic mass is 10.0. The Labute approximate surface area is 138 Å². The van der Waals surface area contributed by atoms with Crippen LogP contribution in [0.25, 0.3) is 0 Å². The number of rotatable bonds is 10. The molecule has 0 saturated heterocycles. The number of hydrogen-bond donors (Lipinski definition) is 1. The summed E-state index contributed by atoms with van der Waals surface area (Å²) in [6.45, 7) is 7.46. The number of amides is 1. The number of carboxylic acid groups (broad SMARTS) is 1. The highest BCUT2D eigenvalue weighted by Gasteiger charge is 2.22. The van der Waals surface area contributed by atoms with Crippen molar-refractivity contribution in [3.05, 3.63) is 35.4 Å². The van der Waals surface area contributed by atoms with Gasteiger partial charge in [-0.15, -0.1) is 0 Å². The normalized spacial score (nSPS) is 12.0. The molecule has 0 heterocycles. The van der Waals surface area contributed by atoms with Crippen molar-refractivity contribution in [1.29, 1.82) is 0 Å². The lowest BCUT2D eigenvalue weighted by Gasteiger charge is -2.25. The zero-order valence-electron chi connectivity index (χ0n) is 14.2. The predicted molar refractivity (Wildman–Crippen MR) is 89.6 cm³/mol. The number of hydrogen-bond acceptors (Lipinski definition) is 3. The second kappa shape index (κ2) is 10.0. The van der Waals surface area contributed by atoms with Gasteiger partial charge in [0.25, 0.3) is 5.91 Å². The lowest BCUT2D eigenvalue weighted by molar-refractivity contribution is -0.141. The summed E-state index contributed by atoms with van der Waals surface area (Å²) in [5.41, 5.74) is 1.64. The van der Waals surface area contributed by atoms with E-state index in [0.29, 0.717) is 31.7 Å². The molecule has 1 atom stereocenters. The van der Waals surface area contributed by atoms with Gasteiger partial charge in [0.05, 0.1) is 5.92 Å². The molecule has 0 spiro atoms. The van der Waals surface area contributed by atoms with Crippen molar-refractivity contribution in [2.75, 3.05) is 26.3 Å². The molecule has 0 fully saturated rings. The van der Waals surface area contributed by atoms with E-state index in [0.717, 1.165) is 12.0 Å². The SMILES string of the molecule is CCOCCCN(CC(C)C(=O)O)C(=O)c1ccccc1CC. The van der Waals surface area contributed by atoms with Crippen LogP contribution >= 0.6 is 0 Å². The summed E-state index contributed by atoms with van der Waals surface area (Å²) < 4.78 is 5.31. The first-order valence-corrected chi connectivity index (χ1v) is 8.18. The van der Waals surface area contributed by atoms with Gasteiger partial charge in [0.1, 0.15) is 0 Å². The van der Waals surface area contributed by atoms with E-state index < -0.39 is 11.9 Å². The topological polar surface area (TPSA) is 66.8 Å². The fraction of sp³-hybridized carbons (Fsp3) is 0.556. The van der Waals surface area contributed by atoms with Crippen LogP contribution in [0.15, 0.2) is 24.3 Å². The highest BCUT2D eigenvalue weighted by Crippen LogP contribution is 2.14. The molecule has 23 heavy (non-hydrogen) atoms. The molecule has 5 heteroatoms. The van der Waals surface area contributed by atoms with Crippen LogP contribution < -0.4 is 0 Å². The first-order valence-electron chi connectivity index (χ1n) is 8.18. The molecule has 5 nitrogen and oxygen atoms in total. The third-order valence-electron chi connectivity index (χ3n) is 3.75. The molecule has 1 rings (SSSR count). The third-order valence-corrected chi connectivity index (χ3v) is 3.75. The zero-order chi connectivity index (χ0) is 17.2. The molecule has 1 aromatic rings. The molecule has 1 aromatic carbocycles. The Hall–Kier alpha value is -1.88. The quantitative estimate of drug-likeness (QED) is 0.673. The van der Waals surface area contributed by atoms with Crippen LogP contribution in [0, 0.1) is 5.92 Å². The van der Waals surface area contributed by atoms with Crippen LogP contribution in [-0.2, 0) is 16.0 Å². The first-order chi connectivity index (χ1) is 11.0. The molecule has 1 amide bonds. The minimum absolute atomic E-state index is 0.105. The third kappa shape index (κ3) is 6.02. The van der Waals surface area contributed by atoms with Gasteiger partial charge in [0, 0.05) is 31.9 Å². The molecule has 0 aliphatic heterocycles. The van der Waals surface area contributed by atoms with Crippen LogP contribution in [0.1, 0.15) is 43.1 Å². The van der Waals surface area contributed by atoms with Crippen LogP contribution in [-0.4, -0.2) is 48.2 Å². The largest absolute Gasteiger partial charge is 0.481 e. The van der Waals surface area contributed by atoms with Crippen molar-refractivity contribution in [3.63, 3.8) is 0 Å². The van der Waals surface area contributed by atoms with Crippen molar-refractivity contribution < 1.29 is 19.4 Å². The minimum Gasteiger partial charge on any atom is -0.481 e. The Morgan fingerprint density at radius 2 is 1.96 bits per heavy atom. The fourth-order valence-corrected chi connectivity index (χ4v) is 2.39.